The standard InChI is InChI=1S/C16H23FN2O.ClH/c1-12-10-14(13-5-7-15(17)8-6-13)11-19(12)16(20)4-3-9-18-2;/h5-8,12,14,18H,3-4,9-11H2,1-2H3;1H. The molecule has 2 atom stereocenters. The van der Waals surface area contributed by atoms with Gasteiger partial charge in [-0.15, -0.1) is 12.4 Å². The topological polar surface area (TPSA) is 32.3 Å². The number of nitrogens with zero attached hydrogens (tertiary/aromatic N) is 1. The average molecular weight is 315 g/mol. The highest BCUT2D eigenvalue weighted by Crippen LogP contribution is 2.32. The number of carbonyl (C=O) groups excluding carboxylic acids is 1. The third-order valence-electron chi connectivity index (χ3n) is 4.05. The third-order valence-corrected chi connectivity index (χ3v) is 4.05. The minimum Gasteiger partial charge on any atom is -0.339 e. The van der Waals surface area contributed by atoms with Crippen LogP contribution in [0.15, 0.2) is 24.3 Å². The van der Waals surface area contributed by atoms with Crippen molar-refractivity contribution in [1.29, 1.82) is 0 Å². The van der Waals surface area contributed by atoms with Gasteiger partial charge in [-0.25, -0.2) is 4.39 Å². The zero-order valence-corrected chi connectivity index (χ0v) is 13.5. The number of hydrogen-bond donors (Lipinski definition) is 1. The first-order chi connectivity index (χ1) is 9.61. The van der Waals surface area contributed by atoms with Crippen molar-refractivity contribution in [2.75, 3.05) is 20.1 Å². The lowest BCUT2D eigenvalue weighted by atomic mass is 9.97. The Balaban J connectivity index is 0.00000220. The predicted molar refractivity (Wildman–Crippen MR) is 85.3 cm³/mol. The van der Waals surface area contributed by atoms with Crippen molar-refractivity contribution in [3.8, 4) is 0 Å². The summed E-state index contributed by atoms with van der Waals surface area (Å²) in [5, 5.41) is 3.06. The van der Waals surface area contributed by atoms with Crippen molar-refractivity contribution in [3.63, 3.8) is 0 Å². The molecule has 1 aromatic rings. The van der Waals surface area contributed by atoms with Crippen LogP contribution in [0.3, 0.4) is 0 Å². The molecule has 0 radical (unpaired) electrons. The van der Waals surface area contributed by atoms with E-state index in [1.54, 1.807) is 0 Å². The molecule has 118 valence electrons. The zero-order chi connectivity index (χ0) is 14.5. The summed E-state index contributed by atoms with van der Waals surface area (Å²) in [7, 11) is 1.90. The Morgan fingerprint density at radius 2 is 2.05 bits per heavy atom. The first kappa shape index (κ1) is 17.9. The van der Waals surface area contributed by atoms with Crippen LogP contribution < -0.4 is 5.32 Å². The summed E-state index contributed by atoms with van der Waals surface area (Å²) in [5.41, 5.74) is 1.13. The van der Waals surface area contributed by atoms with E-state index in [-0.39, 0.29) is 30.2 Å². The number of hydrogen-bond acceptors (Lipinski definition) is 2. The van der Waals surface area contributed by atoms with Gasteiger partial charge in [-0.05, 0) is 51.1 Å². The van der Waals surface area contributed by atoms with Crippen LogP contribution in [-0.4, -0.2) is 37.0 Å². The minimum absolute atomic E-state index is 0. The highest BCUT2D eigenvalue weighted by molar-refractivity contribution is 5.85. The molecule has 1 N–H and O–H groups in total. The fraction of sp³-hybridized carbons (Fsp3) is 0.562. The summed E-state index contributed by atoms with van der Waals surface area (Å²) in [6.07, 6.45) is 2.44. The van der Waals surface area contributed by atoms with Gasteiger partial charge in [-0.2, -0.15) is 0 Å². The normalized spacial score (nSPS) is 21.2. The molecular formula is C16H24ClFN2O. The van der Waals surface area contributed by atoms with Crippen molar-refractivity contribution in [2.24, 2.45) is 0 Å². The minimum atomic E-state index is -0.209. The second-order valence-electron chi connectivity index (χ2n) is 5.59. The third kappa shape index (κ3) is 4.68. The van der Waals surface area contributed by atoms with Gasteiger partial charge in [0.05, 0.1) is 0 Å². The summed E-state index contributed by atoms with van der Waals surface area (Å²) in [6, 6.07) is 6.94. The van der Waals surface area contributed by atoms with E-state index in [4.69, 9.17) is 0 Å². The lowest BCUT2D eigenvalue weighted by Crippen LogP contribution is -2.34. The molecule has 1 saturated heterocycles. The molecule has 1 fully saturated rings. The number of amides is 1. The molecule has 1 aliphatic heterocycles. The molecule has 0 aliphatic carbocycles. The largest absolute Gasteiger partial charge is 0.339 e. The molecule has 2 rings (SSSR count). The Labute approximate surface area is 132 Å². The summed E-state index contributed by atoms with van der Waals surface area (Å²) < 4.78 is 13.0. The van der Waals surface area contributed by atoms with Crippen LogP contribution in [0, 0.1) is 5.82 Å². The quantitative estimate of drug-likeness (QED) is 0.848. The van der Waals surface area contributed by atoms with E-state index in [2.05, 4.69) is 12.2 Å². The molecule has 0 spiro atoms. The Hall–Kier alpha value is -1.13. The summed E-state index contributed by atoms with van der Waals surface area (Å²) in [6.45, 7) is 3.72. The van der Waals surface area contributed by atoms with Gasteiger partial charge in [0.15, 0.2) is 0 Å². The predicted octanol–water partition coefficient (Wildman–Crippen LogP) is 2.95. The first-order valence-electron chi connectivity index (χ1n) is 7.31. The molecule has 0 saturated carbocycles. The van der Waals surface area contributed by atoms with E-state index < -0.39 is 0 Å². The van der Waals surface area contributed by atoms with Crippen LogP contribution in [0.4, 0.5) is 4.39 Å². The number of halogens is 2. The Morgan fingerprint density at radius 3 is 2.67 bits per heavy atom. The van der Waals surface area contributed by atoms with Crippen LogP contribution in [0.5, 0.6) is 0 Å². The maximum Gasteiger partial charge on any atom is 0.222 e. The number of nitrogens with one attached hydrogen (secondary N) is 1. The van der Waals surface area contributed by atoms with Gasteiger partial charge < -0.3 is 10.2 Å². The summed E-state index contributed by atoms with van der Waals surface area (Å²) in [5.74, 6) is 0.357. The van der Waals surface area contributed by atoms with Crippen LogP contribution >= 0.6 is 12.4 Å². The van der Waals surface area contributed by atoms with Crippen LogP contribution in [-0.2, 0) is 4.79 Å². The number of likely N-dealkylation sites (tertiary alicyclic amines) is 1. The Bertz CT molecular complexity index is 452. The second-order valence-corrected chi connectivity index (χ2v) is 5.59. The summed E-state index contributed by atoms with van der Waals surface area (Å²) in [4.78, 5) is 14.2. The highest BCUT2D eigenvalue weighted by Gasteiger charge is 2.32. The molecule has 2 unspecified atom stereocenters. The molecule has 3 nitrogen and oxygen atoms in total. The second kappa shape index (κ2) is 8.35. The lowest BCUT2D eigenvalue weighted by Gasteiger charge is -2.21. The smallest absolute Gasteiger partial charge is 0.222 e. The van der Waals surface area contributed by atoms with Gasteiger partial charge in [-0.3, -0.25) is 4.79 Å². The van der Waals surface area contributed by atoms with Crippen molar-refractivity contribution in [1.82, 2.24) is 10.2 Å². The molecule has 1 amide bonds. The fourth-order valence-electron chi connectivity index (χ4n) is 2.91. The van der Waals surface area contributed by atoms with Crippen molar-refractivity contribution in [3.05, 3.63) is 35.6 Å². The van der Waals surface area contributed by atoms with Crippen molar-refractivity contribution >= 4 is 18.3 Å². The Morgan fingerprint density at radius 1 is 1.38 bits per heavy atom. The van der Waals surface area contributed by atoms with Crippen molar-refractivity contribution < 1.29 is 9.18 Å². The molecule has 0 bridgehead atoms. The maximum absolute atomic E-state index is 13.0. The first-order valence-corrected chi connectivity index (χ1v) is 7.31. The number of carbonyl (C=O) groups is 1. The van der Waals surface area contributed by atoms with Crippen molar-refractivity contribution in [2.45, 2.75) is 38.1 Å². The molecular weight excluding hydrogens is 291 g/mol. The molecule has 21 heavy (non-hydrogen) atoms. The SMILES string of the molecule is CNCCCC(=O)N1CC(c2ccc(F)cc2)CC1C.Cl. The van der Waals surface area contributed by atoms with Crippen LogP contribution in [0.25, 0.3) is 0 Å². The van der Waals surface area contributed by atoms with E-state index in [0.717, 1.165) is 31.5 Å². The van der Waals surface area contributed by atoms with Gasteiger partial charge >= 0.3 is 0 Å². The molecule has 1 aliphatic rings. The van der Waals surface area contributed by atoms with E-state index in [0.29, 0.717) is 12.3 Å². The monoisotopic (exact) mass is 314 g/mol. The van der Waals surface area contributed by atoms with Gasteiger partial charge in [0.25, 0.3) is 0 Å². The Kier molecular flexibility index (Phi) is 7.12. The van der Waals surface area contributed by atoms with Crippen LogP contribution in [0.2, 0.25) is 0 Å². The lowest BCUT2D eigenvalue weighted by molar-refractivity contribution is -0.131. The zero-order valence-electron chi connectivity index (χ0n) is 12.6. The molecule has 1 aromatic carbocycles. The van der Waals surface area contributed by atoms with E-state index in [1.165, 1.54) is 12.1 Å². The molecule has 0 aromatic heterocycles. The van der Waals surface area contributed by atoms with Gasteiger partial charge in [0, 0.05) is 24.9 Å². The molecule has 5 heteroatoms. The fourth-order valence-corrected chi connectivity index (χ4v) is 2.91. The summed E-state index contributed by atoms with van der Waals surface area (Å²) >= 11 is 0. The van der Waals surface area contributed by atoms with Crippen LogP contribution in [0.1, 0.15) is 37.7 Å². The molecule has 1 heterocycles. The van der Waals surface area contributed by atoms with E-state index in [9.17, 15) is 9.18 Å². The van der Waals surface area contributed by atoms with Gasteiger partial charge in [-0.1, -0.05) is 12.1 Å². The van der Waals surface area contributed by atoms with E-state index >= 15 is 0 Å². The number of benzene rings is 1. The van der Waals surface area contributed by atoms with E-state index in [1.807, 2.05) is 24.1 Å². The van der Waals surface area contributed by atoms with Gasteiger partial charge in [0.1, 0.15) is 5.82 Å². The maximum atomic E-state index is 13.0. The number of rotatable bonds is 5. The highest BCUT2D eigenvalue weighted by atomic mass is 35.5. The average Bonchev–Trinajstić information content (AvgIpc) is 2.82. The van der Waals surface area contributed by atoms with Gasteiger partial charge in [0.2, 0.25) is 5.91 Å².